The van der Waals surface area contributed by atoms with Gasteiger partial charge in [-0.25, -0.2) is 4.79 Å². The van der Waals surface area contributed by atoms with Crippen LogP contribution in [0.15, 0.2) is 0 Å². The Labute approximate surface area is 70.1 Å². The van der Waals surface area contributed by atoms with Crippen LogP contribution in [-0.4, -0.2) is 24.4 Å². The molecule has 68 valence electrons. The number of ether oxygens (including phenoxy) is 1. The fourth-order valence-electron chi connectivity index (χ4n) is 0.551. The predicted molar refractivity (Wildman–Crippen MR) is 40.5 cm³/mol. The van der Waals surface area contributed by atoms with Crippen molar-refractivity contribution in [1.82, 2.24) is 5.32 Å². The third kappa shape index (κ3) is 5.40. The summed E-state index contributed by atoms with van der Waals surface area (Å²) in [4.78, 5) is 31.7. The SMILES string of the molecule is CCOC(=O)NC(=O)CC(C)=O. The largest absolute Gasteiger partial charge is 0.450 e. The van der Waals surface area contributed by atoms with E-state index >= 15 is 0 Å². The first-order valence-corrected chi connectivity index (χ1v) is 3.52. The molecule has 5 heteroatoms. The van der Waals surface area contributed by atoms with E-state index in [1.165, 1.54) is 6.92 Å². The van der Waals surface area contributed by atoms with E-state index in [2.05, 4.69) is 4.74 Å². The summed E-state index contributed by atoms with van der Waals surface area (Å²) in [6, 6.07) is 0. The monoisotopic (exact) mass is 173 g/mol. The number of imide groups is 1. The van der Waals surface area contributed by atoms with Crippen LogP contribution in [0.2, 0.25) is 0 Å². The summed E-state index contributed by atoms with van der Waals surface area (Å²) in [5, 5.41) is 1.89. The third-order valence-corrected chi connectivity index (χ3v) is 0.926. The van der Waals surface area contributed by atoms with Gasteiger partial charge in [-0.2, -0.15) is 0 Å². The lowest BCUT2D eigenvalue weighted by Crippen LogP contribution is -2.31. The molecule has 0 aromatic rings. The first-order valence-electron chi connectivity index (χ1n) is 3.52. The maximum Gasteiger partial charge on any atom is 0.413 e. The highest BCUT2D eigenvalue weighted by molar-refractivity contribution is 6.02. The van der Waals surface area contributed by atoms with Gasteiger partial charge in [0.2, 0.25) is 5.91 Å². The van der Waals surface area contributed by atoms with E-state index in [1.807, 2.05) is 5.32 Å². The van der Waals surface area contributed by atoms with Crippen LogP contribution in [0, 0.1) is 0 Å². The molecule has 0 saturated carbocycles. The standard InChI is InChI=1S/C7H11NO4/c1-3-12-7(11)8-6(10)4-5(2)9/h3-4H2,1-2H3,(H,8,10,11). The minimum absolute atomic E-state index is 0.194. The van der Waals surface area contributed by atoms with Crippen molar-refractivity contribution in [2.45, 2.75) is 20.3 Å². The van der Waals surface area contributed by atoms with E-state index in [9.17, 15) is 14.4 Å². The molecule has 2 amide bonds. The smallest absolute Gasteiger partial charge is 0.413 e. The molecule has 0 aliphatic rings. The van der Waals surface area contributed by atoms with E-state index in [-0.39, 0.29) is 18.8 Å². The van der Waals surface area contributed by atoms with Crippen molar-refractivity contribution in [3.05, 3.63) is 0 Å². The number of amides is 2. The molecule has 5 nitrogen and oxygen atoms in total. The molecule has 0 unspecified atom stereocenters. The number of Topliss-reactive ketones (excluding diaryl/α,β-unsaturated/α-hetero) is 1. The van der Waals surface area contributed by atoms with Gasteiger partial charge in [0.05, 0.1) is 13.0 Å². The molecule has 0 rings (SSSR count). The molecule has 0 aromatic heterocycles. The summed E-state index contributed by atoms with van der Waals surface area (Å²) in [5.74, 6) is -0.933. The second-order valence-corrected chi connectivity index (χ2v) is 2.15. The van der Waals surface area contributed by atoms with Crippen LogP contribution >= 0.6 is 0 Å². The molecule has 12 heavy (non-hydrogen) atoms. The van der Waals surface area contributed by atoms with Crippen molar-refractivity contribution in [2.24, 2.45) is 0 Å². The number of ketones is 1. The van der Waals surface area contributed by atoms with E-state index in [0.29, 0.717) is 0 Å². The molecular formula is C7H11NO4. The Hall–Kier alpha value is -1.39. The lowest BCUT2D eigenvalue weighted by molar-refractivity contribution is -0.126. The number of carbonyl (C=O) groups is 3. The number of carbonyl (C=O) groups excluding carboxylic acids is 3. The Morgan fingerprint density at radius 2 is 1.92 bits per heavy atom. The first-order chi connectivity index (χ1) is 5.56. The van der Waals surface area contributed by atoms with Gasteiger partial charge in [-0.05, 0) is 13.8 Å². The topological polar surface area (TPSA) is 72.5 Å². The van der Waals surface area contributed by atoms with Gasteiger partial charge in [0.15, 0.2) is 0 Å². The van der Waals surface area contributed by atoms with Crippen LogP contribution in [0.25, 0.3) is 0 Å². The maximum absolute atomic E-state index is 10.7. The highest BCUT2D eigenvalue weighted by Gasteiger charge is 2.09. The van der Waals surface area contributed by atoms with Gasteiger partial charge in [0.25, 0.3) is 0 Å². The second kappa shape index (κ2) is 5.29. The summed E-state index contributed by atoms with van der Waals surface area (Å²) in [7, 11) is 0. The number of hydrogen-bond acceptors (Lipinski definition) is 4. The van der Waals surface area contributed by atoms with Crippen LogP contribution < -0.4 is 5.32 Å². The van der Waals surface area contributed by atoms with Crippen molar-refractivity contribution < 1.29 is 19.1 Å². The maximum atomic E-state index is 10.7. The van der Waals surface area contributed by atoms with Crippen LogP contribution in [-0.2, 0) is 14.3 Å². The Balaban J connectivity index is 3.69. The van der Waals surface area contributed by atoms with Crippen LogP contribution in [0.3, 0.4) is 0 Å². The van der Waals surface area contributed by atoms with Gasteiger partial charge in [0.1, 0.15) is 5.78 Å². The third-order valence-electron chi connectivity index (χ3n) is 0.926. The highest BCUT2D eigenvalue weighted by atomic mass is 16.5. The molecule has 0 spiro atoms. The zero-order valence-electron chi connectivity index (χ0n) is 7.05. The first kappa shape index (κ1) is 10.6. The van der Waals surface area contributed by atoms with Crippen molar-refractivity contribution in [1.29, 1.82) is 0 Å². The number of rotatable bonds is 3. The molecule has 0 fully saturated rings. The molecule has 0 heterocycles. The van der Waals surface area contributed by atoms with Crippen molar-refractivity contribution >= 4 is 17.8 Å². The van der Waals surface area contributed by atoms with Gasteiger partial charge in [-0.15, -0.1) is 0 Å². The zero-order chi connectivity index (χ0) is 9.56. The minimum Gasteiger partial charge on any atom is -0.450 e. The molecule has 0 atom stereocenters. The lowest BCUT2D eigenvalue weighted by atomic mass is 10.3. The fraction of sp³-hybridized carbons (Fsp3) is 0.571. The summed E-state index contributed by atoms with van der Waals surface area (Å²) in [6.07, 6.45) is -1.11. The number of nitrogens with one attached hydrogen (secondary N) is 1. The average Bonchev–Trinajstić information content (AvgIpc) is 1.84. The second-order valence-electron chi connectivity index (χ2n) is 2.15. The summed E-state index contributed by atoms with van der Waals surface area (Å²) >= 11 is 0. The molecule has 1 N–H and O–H groups in total. The normalized spacial score (nSPS) is 8.83. The van der Waals surface area contributed by atoms with Crippen LogP contribution in [0.4, 0.5) is 4.79 Å². The number of hydrogen-bond donors (Lipinski definition) is 1. The van der Waals surface area contributed by atoms with E-state index in [4.69, 9.17) is 0 Å². The van der Waals surface area contributed by atoms with Crippen molar-refractivity contribution in [3.63, 3.8) is 0 Å². The Morgan fingerprint density at radius 3 is 2.33 bits per heavy atom. The Morgan fingerprint density at radius 1 is 1.33 bits per heavy atom. The zero-order valence-corrected chi connectivity index (χ0v) is 7.05. The summed E-state index contributed by atoms with van der Waals surface area (Å²) < 4.78 is 4.41. The van der Waals surface area contributed by atoms with Gasteiger partial charge in [-0.3, -0.25) is 14.9 Å². The van der Waals surface area contributed by atoms with Crippen LogP contribution in [0.5, 0.6) is 0 Å². The molecule has 0 radical (unpaired) electrons. The fourth-order valence-corrected chi connectivity index (χ4v) is 0.551. The molecule has 0 aromatic carbocycles. The minimum atomic E-state index is -0.816. The molecular weight excluding hydrogens is 162 g/mol. The average molecular weight is 173 g/mol. The lowest BCUT2D eigenvalue weighted by Gasteiger charge is -2.01. The molecule has 0 bridgehead atoms. The van der Waals surface area contributed by atoms with Gasteiger partial charge in [0, 0.05) is 0 Å². The van der Waals surface area contributed by atoms with Crippen molar-refractivity contribution in [3.8, 4) is 0 Å². The predicted octanol–water partition coefficient (Wildman–Crippen LogP) is 0.238. The summed E-state index contributed by atoms with van der Waals surface area (Å²) in [6.45, 7) is 3.08. The quantitative estimate of drug-likeness (QED) is 0.620. The highest BCUT2D eigenvalue weighted by Crippen LogP contribution is 1.83. The molecule has 0 aliphatic heterocycles. The van der Waals surface area contributed by atoms with Crippen LogP contribution in [0.1, 0.15) is 20.3 Å². The Kier molecular flexibility index (Phi) is 4.67. The Bertz CT molecular complexity index is 200. The van der Waals surface area contributed by atoms with Crippen molar-refractivity contribution in [2.75, 3.05) is 6.61 Å². The van der Waals surface area contributed by atoms with Gasteiger partial charge in [-0.1, -0.05) is 0 Å². The van der Waals surface area contributed by atoms with E-state index in [1.54, 1.807) is 6.92 Å². The molecule has 0 saturated heterocycles. The molecule has 0 aliphatic carbocycles. The number of alkyl carbamates (subject to hydrolysis) is 1. The van der Waals surface area contributed by atoms with E-state index < -0.39 is 12.0 Å². The van der Waals surface area contributed by atoms with Gasteiger partial charge >= 0.3 is 6.09 Å². The summed E-state index contributed by atoms with van der Waals surface area (Å²) in [5.41, 5.74) is 0. The van der Waals surface area contributed by atoms with Gasteiger partial charge < -0.3 is 4.74 Å². The van der Waals surface area contributed by atoms with E-state index in [0.717, 1.165) is 0 Å².